The molecular formula is C18H19NO5. The van der Waals surface area contributed by atoms with Crippen LogP contribution in [0, 0.1) is 16.0 Å². The highest BCUT2D eigenvalue weighted by atomic mass is 16.6. The summed E-state index contributed by atoms with van der Waals surface area (Å²) in [4.78, 5) is 21.9. The average molecular weight is 329 g/mol. The number of Topliss-reactive ketones (excluding diaryl/α,β-unsaturated/α-hetero) is 1. The predicted molar refractivity (Wildman–Crippen MR) is 89.7 cm³/mol. The number of ketones is 1. The lowest BCUT2D eigenvalue weighted by Gasteiger charge is -2.09. The van der Waals surface area contributed by atoms with Crippen molar-refractivity contribution in [1.82, 2.24) is 0 Å². The molecule has 0 radical (unpaired) electrons. The zero-order chi connectivity index (χ0) is 17.5. The van der Waals surface area contributed by atoms with Gasteiger partial charge < -0.3 is 9.47 Å². The number of hydrogen-bond acceptors (Lipinski definition) is 5. The van der Waals surface area contributed by atoms with Gasteiger partial charge in [-0.25, -0.2) is 0 Å². The van der Waals surface area contributed by atoms with Crippen molar-refractivity contribution < 1.29 is 19.2 Å². The quantitative estimate of drug-likeness (QED) is 0.318. The van der Waals surface area contributed by atoms with Crippen LogP contribution in [0.1, 0.15) is 24.2 Å². The summed E-state index contributed by atoms with van der Waals surface area (Å²) < 4.78 is 11.0. The summed E-state index contributed by atoms with van der Waals surface area (Å²) in [6.07, 6.45) is 0. The Morgan fingerprint density at radius 3 is 1.83 bits per heavy atom. The molecule has 2 aromatic carbocycles. The van der Waals surface area contributed by atoms with Crippen LogP contribution in [-0.2, 0) is 0 Å². The van der Waals surface area contributed by atoms with E-state index in [-0.39, 0.29) is 17.4 Å². The molecule has 0 unspecified atom stereocenters. The van der Waals surface area contributed by atoms with Crippen LogP contribution in [0.15, 0.2) is 48.5 Å². The number of nitrogens with zero attached hydrogens (tertiary/aromatic N) is 1. The second kappa shape index (κ2) is 8.10. The van der Waals surface area contributed by atoms with Crippen molar-refractivity contribution in [3.8, 4) is 11.5 Å². The molecule has 6 nitrogen and oxygen atoms in total. The third-order valence-electron chi connectivity index (χ3n) is 3.33. The number of carbonyl (C=O) groups is 1. The number of non-ortho nitro benzene ring substituents is 1. The van der Waals surface area contributed by atoms with E-state index < -0.39 is 4.92 Å². The first kappa shape index (κ1) is 17.5. The third-order valence-corrected chi connectivity index (χ3v) is 3.33. The summed E-state index contributed by atoms with van der Waals surface area (Å²) in [5.41, 5.74) is 0.689. The Kier molecular flexibility index (Phi) is 5.89. The van der Waals surface area contributed by atoms with E-state index in [1.807, 2.05) is 13.8 Å². The first-order valence-electron chi connectivity index (χ1n) is 7.61. The Morgan fingerprint density at radius 2 is 1.42 bits per heavy atom. The normalized spacial score (nSPS) is 10.5. The second-order valence-corrected chi connectivity index (χ2v) is 5.49. The summed E-state index contributed by atoms with van der Waals surface area (Å²) in [5.74, 6) is 1.26. The van der Waals surface area contributed by atoms with E-state index >= 15 is 0 Å². The predicted octanol–water partition coefficient (Wildman–Crippen LogP) is 3.89. The van der Waals surface area contributed by atoms with Crippen LogP contribution in [0.2, 0.25) is 0 Å². The average Bonchev–Trinajstić information content (AvgIpc) is 2.59. The molecule has 0 atom stereocenters. The van der Waals surface area contributed by atoms with Crippen molar-refractivity contribution in [2.75, 3.05) is 13.2 Å². The van der Waals surface area contributed by atoms with Crippen LogP contribution in [0.3, 0.4) is 0 Å². The molecule has 0 aliphatic rings. The van der Waals surface area contributed by atoms with E-state index in [4.69, 9.17) is 9.47 Å². The van der Waals surface area contributed by atoms with Gasteiger partial charge in [-0.05, 0) is 36.4 Å². The summed E-state index contributed by atoms with van der Waals surface area (Å²) >= 11 is 0. The topological polar surface area (TPSA) is 78.7 Å². The fourth-order valence-electron chi connectivity index (χ4n) is 2.03. The first-order chi connectivity index (χ1) is 11.5. The van der Waals surface area contributed by atoms with Gasteiger partial charge in [0.1, 0.15) is 24.7 Å². The lowest BCUT2D eigenvalue weighted by Crippen LogP contribution is -2.10. The van der Waals surface area contributed by atoms with Crippen molar-refractivity contribution in [1.29, 1.82) is 0 Å². The Morgan fingerprint density at radius 1 is 0.958 bits per heavy atom. The van der Waals surface area contributed by atoms with Crippen LogP contribution in [0.25, 0.3) is 0 Å². The minimum absolute atomic E-state index is 0.0228. The zero-order valence-electron chi connectivity index (χ0n) is 13.6. The smallest absolute Gasteiger partial charge is 0.269 e. The second-order valence-electron chi connectivity index (χ2n) is 5.49. The van der Waals surface area contributed by atoms with Gasteiger partial charge in [0.25, 0.3) is 5.69 Å². The van der Waals surface area contributed by atoms with Crippen molar-refractivity contribution in [2.45, 2.75) is 13.8 Å². The van der Waals surface area contributed by atoms with Gasteiger partial charge in [0, 0.05) is 23.6 Å². The third kappa shape index (κ3) is 4.81. The Balaban J connectivity index is 1.78. The molecule has 0 saturated heterocycles. The largest absolute Gasteiger partial charge is 0.490 e. The van der Waals surface area contributed by atoms with Crippen molar-refractivity contribution >= 4 is 11.5 Å². The molecule has 126 valence electrons. The van der Waals surface area contributed by atoms with E-state index in [9.17, 15) is 14.9 Å². The SMILES string of the molecule is CC(C)C(=O)c1ccc(OCCOc2ccc([N+](=O)[O-])cc2)cc1. The minimum Gasteiger partial charge on any atom is -0.490 e. The highest BCUT2D eigenvalue weighted by Gasteiger charge is 2.10. The van der Waals surface area contributed by atoms with Crippen LogP contribution < -0.4 is 9.47 Å². The van der Waals surface area contributed by atoms with Gasteiger partial charge in [-0.15, -0.1) is 0 Å². The summed E-state index contributed by atoms with van der Waals surface area (Å²) in [6.45, 7) is 4.36. The van der Waals surface area contributed by atoms with Gasteiger partial charge >= 0.3 is 0 Å². The molecule has 2 aromatic rings. The maximum atomic E-state index is 11.8. The van der Waals surface area contributed by atoms with Crippen molar-refractivity contribution in [3.05, 3.63) is 64.2 Å². The molecular weight excluding hydrogens is 310 g/mol. The van der Waals surface area contributed by atoms with E-state index in [0.717, 1.165) is 0 Å². The van der Waals surface area contributed by atoms with Crippen LogP contribution >= 0.6 is 0 Å². The molecule has 0 amide bonds. The molecule has 0 spiro atoms. The number of nitro benzene ring substituents is 1. The van der Waals surface area contributed by atoms with Gasteiger partial charge in [-0.1, -0.05) is 13.8 Å². The highest BCUT2D eigenvalue weighted by Crippen LogP contribution is 2.18. The summed E-state index contributed by atoms with van der Waals surface area (Å²) in [6, 6.07) is 12.9. The minimum atomic E-state index is -0.458. The molecule has 0 bridgehead atoms. The number of hydrogen-bond donors (Lipinski definition) is 0. The molecule has 2 rings (SSSR count). The number of carbonyl (C=O) groups excluding carboxylic acids is 1. The standard InChI is InChI=1S/C18H19NO5/c1-13(2)18(20)14-3-7-16(8-4-14)23-11-12-24-17-9-5-15(6-10-17)19(21)22/h3-10,13H,11-12H2,1-2H3. The van der Waals surface area contributed by atoms with Crippen molar-refractivity contribution in [2.24, 2.45) is 5.92 Å². The van der Waals surface area contributed by atoms with Crippen LogP contribution in [0.5, 0.6) is 11.5 Å². The Bertz CT molecular complexity index is 692. The number of nitro groups is 1. The molecule has 24 heavy (non-hydrogen) atoms. The molecule has 0 heterocycles. The number of benzene rings is 2. The molecule has 0 N–H and O–H groups in total. The molecule has 6 heteroatoms. The first-order valence-corrected chi connectivity index (χ1v) is 7.61. The molecule has 0 aromatic heterocycles. The molecule has 0 saturated carbocycles. The molecule has 0 aliphatic carbocycles. The Labute approximate surface area is 140 Å². The van der Waals surface area contributed by atoms with Crippen LogP contribution in [0.4, 0.5) is 5.69 Å². The highest BCUT2D eigenvalue weighted by molar-refractivity contribution is 5.97. The lowest BCUT2D eigenvalue weighted by molar-refractivity contribution is -0.384. The maximum Gasteiger partial charge on any atom is 0.269 e. The molecule has 0 aliphatic heterocycles. The van der Waals surface area contributed by atoms with E-state index in [0.29, 0.717) is 30.3 Å². The van der Waals surface area contributed by atoms with Gasteiger partial charge in [0.15, 0.2) is 5.78 Å². The van der Waals surface area contributed by atoms with E-state index in [2.05, 4.69) is 0 Å². The van der Waals surface area contributed by atoms with E-state index in [1.165, 1.54) is 12.1 Å². The summed E-state index contributed by atoms with van der Waals surface area (Å²) in [7, 11) is 0. The fraction of sp³-hybridized carbons (Fsp3) is 0.278. The Hall–Kier alpha value is -2.89. The number of ether oxygens (including phenoxy) is 2. The zero-order valence-corrected chi connectivity index (χ0v) is 13.6. The van der Waals surface area contributed by atoms with Gasteiger partial charge in [-0.3, -0.25) is 14.9 Å². The van der Waals surface area contributed by atoms with Gasteiger partial charge in [0.2, 0.25) is 0 Å². The summed E-state index contributed by atoms with van der Waals surface area (Å²) in [5, 5.41) is 10.6. The number of rotatable bonds is 8. The maximum absolute atomic E-state index is 11.8. The van der Waals surface area contributed by atoms with Gasteiger partial charge in [-0.2, -0.15) is 0 Å². The fourth-order valence-corrected chi connectivity index (χ4v) is 2.03. The monoisotopic (exact) mass is 329 g/mol. The van der Waals surface area contributed by atoms with Crippen LogP contribution in [-0.4, -0.2) is 23.9 Å². The van der Waals surface area contributed by atoms with Gasteiger partial charge in [0.05, 0.1) is 4.92 Å². The van der Waals surface area contributed by atoms with E-state index in [1.54, 1.807) is 36.4 Å². The lowest BCUT2D eigenvalue weighted by atomic mass is 10.0. The van der Waals surface area contributed by atoms with Crippen molar-refractivity contribution in [3.63, 3.8) is 0 Å². The molecule has 0 fully saturated rings.